The first-order valence-electron chi connectivity index (χ1n) is 7.52. The van der Waals surface area contributed by atoms with Gasteiger partial charge in [0, 0.05) is 20.1 Å². The molecule has 5 nitrogen and oxygen atoms in total. The van der Waals surface area contributed by atoms with Crippen LogP contribution >= 0.6 is 0 Å². The Morgan fingerprint density at radius 2 is 1.77 bits per heavy atom. The van der Waals surface area contributed by atoms with Crippen molar-refractivity contribution in [2.24, 2.45) is 0 Å². The van der Waals surface area contributed by atoms with Crippen LogP contribution in [0.2, 0.25) is 0 Å². The number of carbonyl (C=O) groups is 1. The smallest absolute Gasteiger partial charge is 0.410 e. The van der Waals surface area contributed by atoms with Crippen molar-refractivity contribution < 1.29 is 14.6 Å². The van der Waals surface area contributed by atoms with Gasteiger partial charge in [0.25, 0.3) is 0 Å². The summed E-state index contributed by atoms with van der Waals surface area (Å²) in [6, 6.07) is 10.1. The minimum Gasteiger partial charge on any atom is -0.444 e. The van der Waals surface area contributed by atoms with E-state index in [2.05, 4.69) is 12.1 Å². The largest absolute Gasteiger partial charge is 0.444 e. The second kappa shape index (κ2) is 8.15. The van der Waals surface area contributed by atoms with E-state index in [1.165, 1.54) is 10.5 Å². The molecule has 5 heteroatoms. The van der Waals surface area contributed by atoms with Crippen LogP contribution in [0, 0.1) is 0 Å². The van der Waals surface area contributed by atoms with Crippen molar-refractivity contribution in [1.82, 2.24) is 9.80 Å². The summed E-state index contributed by atoms with van der Waals surface area (Å²) in [4.78, 5) is 15.3. The number of aliphatic hydroxyl groups is 1. The lowest BCUT2D eigenvalue weighted by atomic mass is 10.2. The molecule has 0 unspecified atom stereocenters. The molecule has 0 fully saturated rings. The number of aliphatic hydroxyl groups excluding tert-OH is 1. The Hall–Kier alpha value is -1.59. The second-order valence-corrected chi connectivity index (χ2v) is 6.70. The Morgan fingerprint density at radius 1 is 1.18 bits per heavy atom. The van der Waals surface area contributed by atoms with Crippen molar-refractivity contribution in [3.8, 4) is 0 Å². The van der Waals surface area contributed by atoms with E-state index in [4.69, 9.17) is 4.74 Å². The molecule has 22 heavy (non-hydrogen) atoms. The van der Waals surface area contributed by atoms with E-state index in [0.29, 0.717) is 6.54 Å². The van der Waals surface area contributed by atoms with Gasteiger partial charge in [-0.1, -0.05) is 30.3 Å². The molecular weight excluding hydrogens is 280 g/mol. The van der Waals surface area contributed by atoms with Crippen molar-refractivity contribution in [1.29, 1.82) is 0 Å². The summed E-state index contributed by atoms with van der Waals surface area (Å²) in [6.07, 6.45) is -1.04. The van der Waals surface area contributed by atoms with Gasteiger partial charge in [-0.25, -0.2) is 4.79 Å². The molecular formula is C17H28N2O3. The molecule has 1 amide bonds. The number of hydrogen-bond donors (Lipinski definition) is 1. The minimum absolute atomic E-state index is 0.244. The molecule has 0 spiro atoms. The average Bonchev–Trinajstić information content (AvgIpc) is 2.37. The molecule has 0 saturated carbocycles. The van der Waals surface area contributed by atoms with E-state index in [1.54, 1.807) is 7.05 Å². The van der Waals surface area contributed by atoms with Crippen molar-refractivity contribution in [2.75, 3.05) is 27.2 Å². The lowest BCUT2D eigenvalue weighted by molar-refractivity contribution is 0.0173. The molecule has 0 aromatic heterocycles. The zero-order chi connectivity index (χ0) is 16.8. The molecule has 0 saturated heterocycles. The van der Waals surface area contributed by atoms with Crippen molar-refractivity contribution in [3.05, 3.63) is 35.9 Å². The highest BCUT2D eigenvalue weighted by atomic mass is 16.6. The first-order chi connectivity index (χ1) is 10.2. The number of benzene rings is 1. The van der Waals surface area contributed by atoms with Crippen LogP contribution in [0.15, 0.2) is 30.3 Å². The predicted molar refractivity (Wildman–Crippen MR) is 87.6 cm³/mol. The van der Waals surface area contributed by atoms with E-state index in [9.17, 15) is 9.90 Å². The molecule has 0 heterocycles. The van der Waals surface area contributed by atoms with Gasteiger partial charge in [-0.3, -0.25) is 4.90 Å². The Morgan fingerprint density at radius 3 is 2.32 bits per heavy atom. The third-order valence-electron chi connectivity index (χ3n) is 3.01. The maximum absolute atomic E-state index is 11.8. The van der Waals surface area contributed by atoms with Crippen molar-refractivity contribution in [3.63, 3.8) is 0 Å². The van der Waals surface area contributed by atoms with E-state index in [0.717, 1.165) is 6.54 Å². The maximum atomic E-state index is 11.8. The number of amides is 1. The Balaban J connectivity index is 2.38. The summed E-state index contributed by atoms with van der Waals surface area (Å²) in [7, 11) is 3.58. The summed E-state index contributed by atoms with van der Waals surface area (Å²) in [5, 5.41) is 10.1. The highest BCUT2D eigenvalue weighted by molar-refractivity contribution is 5.67. The van der Waals surface area contributed by atoms with Crippen LogP contribution in [0.1, 0.15) is 26.3 Å². The molecule has 0 aliphatic heterocycles. The predicted octanol–water partition coefficient (Wildman–Crippen LogP) is 2.35. The van der Waals surface area contributed by atoms with Crippen LogP contribution < -0.4 is 0 Å². The maximum Gasteiger partial charge on any atom is 0.410 e. The van der Waals surface area contributed by atoms with Crippen molar-refractivity contribution >= 4 is 6.09 Å². The van der Waals surface area contributed by atoms with E-state index in [1.807, 2.05) is 50.9 Å². The van der Waals surface area contributed by atoms with Gasteiger partial charge in [0.05, 0.1) is 12.6 Å². The highest BCUT2D eigenvalue weighted by Gasteiger charge is 2.21. The van der Waals surface area contributed by atoms with E-state index >= 15 is 0 Å². The zero-order valence-corrected chi connectivity index (χ0v) is 14.2. The molecule has 0 radical (unpaired) electrons. The number of likely N-dealkylation sites (N-methyl/N-ethyl adjacent to an activating group) is 2. The summed E-state index contributed by atoms with van der Waals surface area (Å²) in [5.41, 5.74) is 0.665. The molecule has 1 aromatic rings. The number of nitrogens with zero attached hydrogens (tertiary/aromatic N) is 2. The van der Waals surface area contributed by atoms with Crippen LogP contribution in [-0.4, -0.2) is 59.9 Å². The van der Waals surface area contributed by atoms with Gasteiger partial charge >= 0.3 is 6.09 Å². The number of ether oxygens (including phenoxy) is 1. The van der Waals surface area contributed by atoms with Crippen LogP contribution in [0.5, 0.6) is 0 Å². The van der Waals surface area contributed by atoms with Gasteiger partial charge in [0.15, 0.2) is 0 Å². The number of rotatable bonds is 6. The molecule has 1 atom stereocenters. The van der Waals surface area contributed by atoms with Gasteiger partial charge in [0.2, 0.25) is 0 Å². The molecule has 0 bridgehead atoms. The molecule has 0 aliphatic carbocycles. The van der Waals surface area contributed by atoms with Gasteiger partial charge < -0.3 is 14.7 Å². The normalized spacial score (nSPS) is 13.0. The quantitative estimate of drug-likeness (QED) is 0.876. The van der Waals surface area contributed by atoms with Crippen molar-refractivity contribution in [2.45, 2.75) is 39.0 Å². The average molecular weight is 308 g/mol. The Bertz CT molecular complexity index is 457. The third kappa shape index (κ3) is 7.43. The molecule has 124 valence electrons. The monoisotopic (exact) mass is 308 g/mol. The standard InChI is InChI=1S/C17H28N2O3/c1-17(2,3)22-16(21)19(5)13-15(20)12-18(4)11-14-9-7-6-8-10-14/h6-10,15,20H,11-13H2,1-5H3/t15-/m0/s1. The number of hydrogen-bond acceptors (Lipinski definition) is 4. The lowest BCUT2D eigenvalue weighted by Crippen LogP contribution is -2.41. The van der Waals surface area contributed by atoms with Crippen LogP contribution in [0.3, 0.4) is 0 Å². The Kier molecular flexibility index (Phi) is 6.84. The fraction of sp³-hybridized carbons (Fsp3) is 0.588. The van der Waals surface area contributed by atoms with Crippen LogP contribution in [0.4, 0.5) is 4.79 Å². The molecule has 0 aliphatic rings. The summed E-state index contributed by atoms with van der Waals surface area (Å²) in [5.74, 6) is 0. The molecule has 1 N–H and O–H groups in total. The summed E-state index contributed by atoms with van der Waals surface area (Å²) >= 11 is 0. The van der Waals surface area contributed by atoms with Gasteiger partial charge in [-0.15, -0.1) is 0 Å². The highest BCUT2D eigenvalue weighted by Crippen LogP contribution is 2.09. The van der Waals surface area contributed by atoms with Gasteiger partial charge in [0.1, 0.15) is 5.60 Å². The zero-order valence-electron chi connectivity index (χ0n) is 14.2. The van der Waals surface area contributed by atoms with E-state index < -0.39 is 17.8 Å². The third-order valence-corrected chi connectivity index (χ3v) is 3.01. The second-order valence-electron chi connectivity index (χ2n) is 6.70. The van der Waals surface area contributed by atoms with Gasteiger partial charge in [-0.05, 0) is 33.4 Å². The topological polar surface area (TPSA) is 53.0 Å². The van der Waals surface area contributed by atoms with Crippen LogP contribution in [0.25, 0.3) is 0 Å². The minimum atomic E-state index is -0.619. The van der Waals surface area contributed by atoms with E-state index in [-0.39, 0.29) is 6.54 Å². The number of carbonyl (C=O) groups excluding carboxylic acids is 1. The fourth-order valence-corrected chi connectivity index (χ4v) is 2.11. The van der Waals surface area contributed by atoms with Gasteiger partial charge in [-0.2, -0.15) is 0 Å². The molecule has 1 aromatic carbocycles. The van der Waals surface area contributed by atoms with Crippen LogP contribution in [-0.2, 0) is 11.3 Å². The first-order valence-corrected chi connectivity index (χ1v) is 7.52. The first kappa shape index (κ1) is 18.5. The molecule has 1 rings (SSSR count). The fourth-order valence-electron chi connectivity index (χ4n) is 2.11. The SMILES string of the molecule is CN(Cc1ccccc1)C[C@H](O)CN(C)C(=O)OC(C)(C)C. The summed E-state index contributed by atoms with van der Waals surface area (Å²) < 4.78 is 5.26. The Labute approximate surface area is 133 Å². The lowest BCUT2D eigenvalue weighted by Gasteiger charge is -2.27. The summed E-state index contributed by atoms with van der Waals surface area (Å²) in [6.45, 7) is 6.96.